The first-order chi connectivity index (χ1) is 8.15. The van der Waals surface area contributed by atoms with Crippen LogP contribution in [0.4, 0.5) is 5.95 Å². The van der Waals surface area contributed by atoms with Crippen LogP contribution in [0.1, 0.15) is 13.3 Å². The van der Waals surface area contributed by atoms with Gasteiger partial charge in [0.05, 0.1) is 12.4 Å². The van der Waals surface area contributed by atoms with E-state index in [-0.39, 0.29) is 11.8 Å². The zero-order valence-electron chi connectivity index (χ0n) is 9.77. The first-order valence-corrected chi connectivity index (χ1v) is 6.12. The fourth-order valence-electron chi connectivity index (χ4n) is 0.908. The number of rotatable bonds is 7. The largest absolute Gasteiger partial charge is 0.463 e. The highest BCUT2D eigenvalue weighted by molar-refractivity contribution is 7.99. The number of primary amides is 1. The van der Waals surface area contributed by atoms with Crippen LogP contribution in [0.3, 0.4) is 0 Å². The summed E-state index contributed by atoms with van der Waals surface area (Å²) in [4.78, 5) is 22.8. The maximum Gasteiger partial charge on any atom is 0.322 e. The van der Waals surface area contributed by atoms with Crippen molar-refractivity contribution in [3.8, 4) is 6.01 Å². The van der Waals surface area contributed by atoms with Gasteiger partial charge in [0.2, 0.25) is 11.9 Å². The summed E-state index contributed by atoms with van der Waals surface area (Å²) in [5.41, 5.74) is 5.05. The summed E-state index contributed by atoms with van der Waals surface area (Å²) >= 11 is 1.15. The number of ether oxygens (including phenoxy) is 1. The van der Waals surface area contributed by atoms with Crippen molar-refractivity contribution >= 4 is 23.6 Å². The van der Waals surface area contributed by atoms with Gasteiger partial charge in [-0.15, -0.1) is 0 Å². The van der Waals surface area contributed by atoms with E-state index < -0.39 is 5.91 Å². The van der Waals surface area contributed by atoms with E-state index in [2.05, 4.69) is 20.3 Å². The van der Waals surface area contributed by atoms with Gasteiger partial charge < -0.3 is 15.8 Å². The number of nitrogens with one attached hydrogen (secondary N) is 1. The molecule has 1 rings (SSSR count). The lowest BCUT2D eigenvalue weighted by Crippen LogP contribution is -2.14. The second-order valence-electron chi connectivity index (χ2n) is 3.08. The first kappa shape index (κ1) is 13.5. The minimum atomic E-state index is -0.419. The maximum atomic E-state index is 10.7. The molecule has 0 aliphatic rings. The number of aromatic nitrogens is 3. The lowest BCUT2D eigenvalue weighted by atomic mass is 10.5. The Balaban J connectivity index is 2.77. The summed E-state index contributed by atoms with van der Waals surface area (Å²) in [6.07, 6.45) is 0.865. The predicted molar refractivity (Wildman–Crippen MR) is 65.1 cm³/mol. The molecule has 0 radical (unpaired) electrons. The van der Waals surface area contributed by atoms with Crippen molar-refractivity contribution in [2.75, 3.05) is 24.7 Å². The van der Waals surface area contributed by atoms with Gasteiger partial charge in [0.15, 0.2) is 5.16 Å². The molecule has 7 nitrogen and oxygen atoms in total. The van der Waals surface area contributed by atoms with Gasteiger partial charge in [-0.3, -0.25) is 4.79 Å². The fraction of sp³-hybridized carbons (Fsp3) is 0.556. The molecule has 0 aliphatic heterocycles. The van der Waals surface area contributed by atoms with Crippen molar-refractivity contribution in [3.05, 3.63) is 0 Å². The standard InChI is InChI=1S/C9H15N5O2S/c1-3-4-16-8-12-7(11-2)13-9(14-8)17-5-6(10)15/h3-5H2,1-2H3,(H2,10,15)(H,11,12,13,14). The third kappa shape index (κ3) is 4.85. The van der Waals surface area contributed by atoms with E-state index in [1.54, 1.807) is 7.05 Å². The predicted octanol–water partition coefficient (Wildman–Crippen LogP) is 0.279. The Hall–Kier alpha value is -1.57. The average molecular weight is 257 g/mol. The highest BCUT2D eigenvalue weighted by atomic mass is 32.2. The number of amides is 1. The number of thioether (sulfide) groups is 1. The molecule has 0 spiro atoms. The molecule has 1 heterocycles. The van der Waals surface area contributed by atoms with Gasteiger partial charge in [0.1, 0.15) is 0 Å². The maximum absolute atomic E-state index is 10.7. The van der Waals surface area contributed by atoms with Gasteiger partial charge in [-0.25, -0.2) is 0 Å². The summed E-state index contributed by atoms with van der Waals surface area (Å²) in [6.45, 7) is 2.52. The van der Waals surface area contributed by atoms with Crippen LogP contribution < -0.4 is 15.8 Å². The van der Waals surface area contributed by atoms with Gasteiger partial charge in [-0.05, 0) is 6.42 Å². The summed E-state index contributed by atoms with van der Waals surface area (Å²) in [5, 5.41) is 3.21. The van der Waals surface area contributed by atoms with Crippen LogP contribution >= 0.6 is 11.8 Å². The molecule has 8 heteroatoms. The molecule has 0 atom stereocenters. The molecular weight excluding hydrogens is 242 g/mol. The first-order valence-electron chi connectivity index (χ1n) is 5.13. The molecule has 94 valence electrons. The van der Waals surface area contributed by atoms with E-state index in [1.807, 2.05) is 6.92 Å². The fourth-order valence-corrected chi connectivity index (χ4v) is 1.47. The molecule has 0 aliphatic carbocycles. The van der Waals surface area contributed by atoms with Crippen molar-refractivity contribution in [3.63, 3.8) is 0 Å². The summed E-state index contributed by atoms with van der Waals surface area (Å²) in [5.74, 6) is 0.107. The molecule has 17 heavy (non-hydrogen) atoms. The molecule has 1 aromatic heterocycles. The van der Waals surface area contributed by atoms with Crippen molar-refractivity contribution in [1.29, 1.82) is 0 Å². The van der Waals surface area contributed by atoms with Crippen LogP contribution in [-0.2, 0) is 4.79 Å². The molecule has 0 saturated heterocycles. The van der Waals surface area contributed by atoms with E-state index in [4.69, 9.17) is 10.5 Å². The molecule has 1 amide bonds. The van der Waals surface area contributed by atoms with Crippen molar-refractivity contribution in [2.45, 2.75) is 18.5 Å². The van der Waals surface area contributed by atoms with Crippen LogP contribution in [0, 0.1) is 0 Å². The lowest BCUT2D eigenvalue weighted by Gasteiger charge is -2.06. The molecule has 0 fully saturated rings. The molecule has 0 bridgehead atoms. The third-order valence-electron chi connectivity index (χ3n) is 1.60. The van der Waals surface area contributed by atoms with Crippen LogP contribution in [-0.4, -0.2) is 40.3 Å². The Morgan fingerprint density at radius 1 is 1.47 bits per heavy atom. The van der Waals surface area contributed by atoms with Crippen molar-refractivity contribution in [2.24, 2.45) is 5.73 Å². The highest BCUT2D eigenvalue weighted by Gasteiger charge is 2.08. The van der Waals surface area contributed by atoms with E-state index in [0.717, 1.165) is 18.2 Å². The minimum absolute atomic E-state index is 0.125. The summed E-state index contributed by atoms with van der Waals surface area (Å²) in [6, 6.07) is 0.248. The monoisotopic (exact) mass is 257 g/mol. The highest BCUT2D eigenvalue weighted by Crippen LogP contribution is 2.17. The Labute approximate surface area is 104 Å². The van der Waals surface area contributed by atoms with E-state index in [0.29, 0.717) is 17.7 Å². The number of anilines is 1. The zero-order chi connectivity index (χ0) is 12.7. The Kier molecular flexibility index (Phi) is 5.47. The molecule has 3 N–H and O–H groups in total. The topological polar surface area (TPSA) is 103 Å². The molecule has 0 unspecified atom stereocenters. The Bertz CT molecular complexity index is 388. The minimum Gasteiger partial charge on any atom is -0.463 e. The van der Waals surface area contributed by atoms with Crippen molar-refractivity contribution in [1.82, 2.24) is 15.0 Å². The second-order valence-corrected chi connectivity index (χ2v) is 4.02. The molecule has 0 saturated carbocycles. The van der Waals surface area contributed by atoms with E-state index >= 15 is 0 Å². The lowest BCUT2D eigenvalue weighted by molar-refractivity contribution is -0.115. The molecule has 0 aromatic carbocycles. The zero-order valence-corrected chi connectivity index (χ0v) is 10.6. The van der Waals surface area contributed by atoms with Gasteiger partial charge in [-0.2, -0.15) is 15.0 Å². The quantitative estimate of drug-likeness (QED) is 0.676. The number of hydrogen-bond acceptors (Lipinski definition) is 7. The van der Waals surface area contributed by atoms with Gasteiger partial charge in [-0.1, -0.05) is 18.7 Å². The summed E-state index contributed by atoms with van der Waals surface area (Å²) < 4.78 is 5.31. The van der Waals surface area contributed by atoms with Crippen LogP contribution in [0.5, 0.6) is 6.01 Å². The number of nitrogens with zero attached hydrogens (tertiary/aromatic N) is 3. The average Bonchev–Trinajstić information content (AvgIpc) is 2.33. The van der Waals surface area contributed by atoms with E-state index in [1.165, 1.54) is 0 Å². The molecule has 1 aromatic rings. The van der Waals surface area contributed by atoms with Crippen molar-refractivity contribution < 1.29 is 9.53 Å². The van der Waals surface area contributed by atoms with Crippen LogP contribution in [0.25, 0.3) is 0 Å². The number of hydrogen-bond donors (Lipinski definition) is 2. The SMILES string of the molecule is CCCOc1nc(NC)nc(SCC(N)=O)n1. The number of carbonyl (C=O) groups excluding carboxylic acids is 1. The Morgan fingerprint density at radius 3 is 2.82 bits per heavy atom. The normalized spacial score (nSPS) is 10.0. The summed E-state index contributed by atoms with van der Waals surface area (Å²) in [7, 11) is 1.70. The smallest absolute Gasteiger partial charge is 0.322 e. The number of nitrogens with two attached hydrogens (primary N) is 1. The van der Waals surface area contributed by atoms with Gasteiger partial charge >= 0.3 is 6.01 Å². The Morgan fingerprint density at radius 2 is 2.24 bits per heavy atom. The molecular formula is C9H15N5O2S. The van der Waals surface area contributed by atoms with E-state index in [9.17, 15) is 4.79 Å². The second kappa shape index (κ2) is 6.89. The van der Waals surface area contributed by atoms with Gasteiger partial charge in [0.25, 0.3) is 0 Å². The third-order valence-corrected chi connectivity index (χ3v) is 2.47. The van der Waals surface area contributed by atoms with Crippen LogP contribution in [0.15, 0.2) is 5.16 Å². The van der Waals surface area contributed by atoms with Gasteiger partial charge in [0, 0.05) is 7.05 Å². The van der Waals surface area contributed by atoms with Crippen LogP contribution in [0.2, 0.25) is 0 Å². The number of carbonyl (C=O) groups is 1.